The Morgan fingerprint density at radius 3 is 2.52 bits per heavy atom. The summed E-state index contributed by atoms with van der Waals surface area (Å²) in [5.41, 5.74) is 3.49. The van der Waals surface area contributed by atoms with Gasteiger partial charge in [0.15, 0.2) is 0 Å². The highest BCUT2D eigenvalue weighted by molar-refractivity contribution is 7.93. The maximum Gasteiger partial charge on any atom is 0.235 e. The van der Waals surface area contributed by atoms with Gasteiger partial charge in [0.25, 0.3) is 0 Å². The summed E-state index contributed by atoms with van der Waals surface area (Å²) in [6, 6.07) is 7.35. The van der Waals surface area contributed by atoms with E-state index in [2.05, 4.69) is 27.2 Å². The molecule has 1 saturated carbocycles. The second-order valence-corrected chi connectivity index (χ2v) is 9.99. The van der Waals surface area contributed by atoms with Crippen LogP contribution < -0.4 is 10.0 Å². The summed E-state index contributed by atoms with van der Waals surface area (Å²) in [6.45, 7) is 0.855. The molecule has 27 heavy (non-hydrogen) atoms. The summed E-state index contributed by atoms with van der Waals surface area (Å²) in [5, 5.41) is 3.89. The predicted octanol–water partition coefficient (Wildman–Crippen LogP) is 4.32. The van der Waals surface area contributed by atoms with E-state index in [0.29, 0.717) is 5.69 Å². The average molecular weight is 402 g/mol. The lowest BCUT2D eigenvalue weighted by atomic mass is 9.80. The van der Waals surface area contributed by atoms with Crippen LogP contribution in [-0.2, 0) is 15.4 Å². The molecule has 5 nitrogen and oxygen atoms in total. The molecule has 1 aliphatic heterocycles. The number of halogens is 1. The number of fused-ring (bicyclic) bond motifs is 2. The van der Waals surface area contributed by atoms with E-state index in [9.17, 15) is 8.42 Å². The van der Waals surface area contributed by atoms with Crippen molar-refractivity contribution in [2.24, 2.45) is 0 Å². The number of benzene rings is 1. The molecule has 2 heterocycles. The summed E-state index contributed by atoms with van der Waals surface area (Å²) in [6.07, 6.45) is 9.64. The number of sulfonamides is 1. The summed E-state index contributed by atoms with van der Waals surface area (Å²) >= 11 is 6.84. The standard InChI is InChI=1S/C20H20ClN3O2S/c21-18-16(11-22-19-17(18)20(12-23-19)9-1-2-10-20)13-3-5-14(6-4-13)24-27(25,26)15-7-8-15/h1-6,11,15,24H,7-10,12H2,(H,22,23). The molecule has 1 fully saturated rings. The van der Waals surface area contributed by atoms with Crippen molar-refractivity contribution >= 4 is 33.1 Å². The van der Waals surface area contributed by atoms with Crippen LogP contribution >= 0.6 is 11.6 Å². The van der Waals surface area contributed by atoms with E-state index in [-0.39, 0.29) is 10.7 Å². The number of allylic oxidation sites excluding steroid dienone is 2. The number of rotatable bonds is 4. The maximum absolute atomic E-state index is 12.1. The largest absolute Gasteiger partial charge is 0.369 e. The number of nitrogens with zero attached hydrogens (tertiary/aromatic N) is 1. The van der Waals surface area contributed by atoms with Gasteiger partial charge in [0.1, 0.15) is 5.82 Å². The molecule has 1 aromatic carbocycles. The van der Waals surface area contributed by atoms with Crippen LogP contribution in [0.4, 0.5) is 11.5 Å². The minimum Gasteiger partial charge on any atom is -0.369 e. The van der Waals surface area contributed by atoms with Crippen LogP contribution in [0, 0.1) is 0 Å². The lowest BCUT2D eigenvalue weighted by molar-refractivity contribution is 0.509. The van der Waals surface area contributed by atoms with Gasteiger partial charge in [0.05, 0.1) is 10.3 Å². The van der Waals surface area contributed by atoms with Crippen molar-refractivity contribution in [3.8, 4) is 11.1 Å². The number of aromatic nitrogens is 1. The molecule has 0 unspecified atom stereocenters. The molecule has 2 aromatic rings. The second-order valence-electron chi connectivity index (χ2n) is 7.65. The lowest BCUT2D eigenvalue weighted by Gasteiger charge is -2.24. The van der Waals surface area contributed by atoms with Crippen LogP contribution in [0.15, 0.2) is 42.6 Å². The van der Waals surface area contributed by atoms with E-state index in [4.69, 9.17) is 11.6 Å². The lowest BCUT2D eigenvalue weighted by Crippen LogP contribution is -2.25. The van der Waals surface area contributed by atoms with Crippen LogP contribution in [0.2, 0.25) is 5.02 Å². The quantitative estimate of drug-likeness (QED) is 0.748. The number of hydrogen-bond acceptors (Lipinski definition) is 4. The smallest absolute Gasteiger partial charge is 0.235 e. The van der Waals surface area contributed by atoms with Crippen LogP contribution in [0.1, 0.15) is 31.2 Å². The van der Waals surface area contributed by atoms with Gasteiger partial charge in [-0.1, -0.05) is 35.9 Å². The van der Waals surface area contributed by atoms with Gasteiger partial charge in [-0.2, -0.15) is 0 Å². The first-order valence-corrected chi connectivity index (χ1v) is 11.1. The van der Waals surface area contributed by atoms with Crippen molar-refractivity contribution in [3.05, 3.63) is 53.2 Å². The molecule has 0 saturated heterocycles. The molecule has 2 N–H and O–H groups in total. The monoisotopic (exact) mass is 401 g/mol. The average Bonchev–Trinajstić information content (AvgIpc) is 3.33. The van der Waals surface area contributed by atoms with Crippen molar-refractivity contribution in [1.82, 2.24) is 4.98 Å². The maximum atomic E-state index is 12.1. The molecule has 0 bridgehead atoms. The highest BCUT2D eigenvalue weighted by atomic mass is 35.5. The molecule has 2 aliphatic carbocycles. The van der Waals surface area contributed by atoms with Gasteiger partial charge >= 0.3 is 0 Å². The zero-order chi connectivity index (χ0) is 18.6. The first-order valence-electron chi connectivity index (χ1n) is 9.18. The SMILES string of the molecule is O=S(=O)(Nc1ccc(-c2cnc3c(c2Cl)C2(CC=CC2)CN3)cc1)C1CC1. The van der Waals surface area contributed by atoms with Crippen molar-refractivity contribution in [1.29, 1.82) is 0 Å². The Labute approximate surface area is 163 Å². The van der Waals surface area contributed by atoms with Crippen molar-refractivity contribution in [3.63, 3.8) is 0 Å². The Morgan fingerprint density at radius 1 is 1.15 bits per heavy atom. The Balaban J connectivity index is 1.47. The van der Waals surface area contributed by atoms with Gasteiger partial charge in [-0.05, 0) is 43.4 Å². The first kappa shape index (κ1) is 17.1. The Morgan fingerprint density at radius 2 is 1.85 bits per heavy atom. The van der Waals surface area contributed by atoms with Gasteiger partial charge in [-0.25, -0.2) is 13.4 Å². The summed E-state index contributed by atoms with van der Waals surface area (Å²) in [4.78, 5) is 4.59. The molecule has 3 aliphatic rings. The van der Waals surface area contributed by atoms with Gasteiger partial charge in [-0.3, -0.25) is 4.72 Å². The molecule has 0 amide bonds. The van der Waals surface area contributed by atoms with Gasteiger partial charge in [0, 0.05) is 35.0 Å². The Kier molecular flexibility index (Phi) is 3.78. The van der Waals surface area contributed by atoms with Gasteiger partial charge in [-0.15, -0.1) is 0 Å². The number of pyridine rings is 1. The predicted molar refractivity (Wildman–Crippen MR) is 109 cm³/mol. The third kappa shape index (κ3) is 2.82. The normalized spacial score (nSPS) is 19.9. The van der Waals surface area contributed by atoms with Crippen molar-refractivity contribution in [2.45, 2.75) is 36.3 Å². The van der Waals surface area contributed by atoms with E-state index >= 15 is 0 Å². The first-order chi connectivity index (χ1) is 13.0. The molecule has 1 aromatic heterocycles. The molecular formula is C20H20ClN3O2S. The zero-order valence-corrected chi connectivity index (χ0v) is 16.3. The van der Waals surface area contributed by atoms with Gasteiger partial charge in [0.2, 0.25) is 10.0 Å². The number of anilines is 2. The number of hydrogen-bond donors (Lipinski definition) is 2. The fourth-order valence-corrected chi connectivity index (χ4v) is 5.88. The molecule has 7 heteroatoms. The third-order valence-corrected chi connectivity index (χ3v) is 8.01. The highest BCUT2D eigenvalue weighted by Crippen LogP contribution is 2.49. The van der Waals surface area contributed by atoms with E-state index in [1.54, 1.807) is 18.3 Å². The summed E-state index contributed by atoms with van der Waals surface area (Å²) < 4.78 is 26.8. The van der Waals surface area contributed by atoms with Crippen molar-refractivity contribution in [2.75, 3.05) is 16.6 Å². The van der Waals surface area contributed by atoms with E-state index in [1.807, 2.05) is 12.1 Å². The zero-order valence-electron chi connectivity index (χ0n) is 14.7. The number of nitrogens with one attached hydrogen (secondary N) is 2. The van der Waals surface area contributed by atoms with Crippen LogP contribution in [0.5, 0.6) is 0 Å². The molecular weight excluding hydrogens is 382 g/mol. The molecule has 0 atom stereocenters. The highest BCUT2D eigenvalue weighted by Gasteiger charge is 2.42. The summed E-state index contributed by atoms with van der Waals surface area (Å²) in [7, 11) is -3.25. The van der Waals surface area contributed by atoms with Crippen LogP contribution in [-0.4, -0.2) is 25.2 Å². The van der Waals surface area contributed by atoms with Crippen LogP contribution in [0.25, 0.3) is 11.1 Å². The fourth-order valence-electron chi connectivity index (χ4n) is 4.04. The third-order valence-electron chi connectivity index (χ3n) is 5.74. The topological polar surface area (TPSA) is 71.1 Å². The molecule has 140 valence electrons. The Bertz CT molecular complexity index is 1040. The molecule has 5 rings (SSSR count). The van der Waals surface area contributed by atoms with Crippen LogP contribution in [0.3, 0.4) is 0 Å². The van der Waals surface area contributed by atoms with Gasteiger partial charge < -0.3 is 5.32 Å². The Hall–Kier alpha value is -2.05. The fraction of sp³-hybridized carbons (Fsp3) is 0.350. The molecule has 1 spiro atoms. The summed E-state index contributed by atoms with van der Waals surface area (Å²) in [5.74, 6) is 0.876. The van der Waals surface area contributed by atoms with E-state index < -0.39 is 10.0 Å². The minimum atomic E-state index is -3.25. The van der Waals surface area contributed by atoms with Crippen molar-refractivity contribution < 1.29 is 8.42 Å². The van der Waals surface area contributed by atoms with E-state index in [0.717, 1.165) is 59.8 Å². The van der Waals surface area contributed by atoms with E-state index in [1.165, 1.54) is 0 Å². The molecule has 0 radical (unpaired) electrons. The second kappa shape index (κ2) is 5.97. The minimum absolute atomic E-state index is 0.00919.